The number of amides is 1. The number of ether oxygens (including phenoxy) is 1. The molecular formula is C13H16N4O2. The van der Waals surface area contributed by atoms with Gasteiger partial charge in [-0.1, -0.05) is 20.8 Å². The van der Waals surface area contributed by atoms with Crippen LogP contribution < -0.4 is 10.1 Å². The highest BCUT2D eigenvalue weighted by Crippen LogP contribution is 2.34. The van der Waals surface area contributed by atoms with Crippen LogP contribution in [0.4, 0.5) is 5.82 Å². The second-order valence-corrected chi connectivity index (χ2v) is 5.46. The van der Waals surface area contributed by atoms with Crippen molar-refractivity contribution in [3.63, 3.8) is 0 Å². The number of anilines is 1. The predicted molar refractivity (Wildman–Crippen MR) is 72.5 cm³/mol. The van der Waals surface area contributed by atoms with E-state index in [1.165, 1.54) is 0 Å². The fourth-order valence-corrected chi connectivity index (χ4v) is 1.69. The average Bonchev–Trinajstić information content (AvgIpc) is 2.36. The van der Waals surface area contributed by atoms with Gasteiger partial charge in [-0.05, 0) is 17.0 Å². The smallest absolute Gasteiger partial charge is 0.281 e. The molecule has 1 aliphatic heterocycles. The molecule has 1 aliphatic rings. The number of hydrogen-bond donors (Lipinski definition) is 3. The minimum Gasteiger partial charge on any atom is -0.462 e. The van der Waals surface area contributed by atoms with Crippen LogP contribution in [0.3, 0.4) is 0 Å². The molecule has 0 saturated carbocycles. The molecule has 0 radical (unpaired) electrons. The molecule has 0 saturated heterocycles. The van der Waals surface area contributed by atoms with Gasteiger partial charge in [0, 0.05) is 6.20 Å². The molecule has 0 unspecified atom stereocenters. The molecule has 0 bridgehead atoms. The van der Waals surface area contributed by atoms with Crippen molar-refractivity contribution in [2.75, 3.05) is 5.32 Å². The van der Waals surface area contributed by atoms with Gasteiger partial charge in [-0.15, -0.1) is 0 Å². The zero-order valence-electron chi connectivity index (χ0n) is 11.1. The Bertz CT molecular complexity index is 552. The molecule has 0 spiro atoms. The quantitative estimate of drug-likeness (QED) is 0.706. The maximum atomic E-state index is 11.8. The molecule has 1 aromatic heterocycles. The molecule has 6 nitrogen and oxygen atoms in total. The van der Waals surface area contributed by atoms with Gasteiger partial charge in [-0.25, -0.2) is 4.98 Å². The Hall–Kier alpha value is -2.24. The predicted octanol–water partition coefficient (Wildman–Crippen LogP) is 1.75. The van der Waals surface area contributed by atoms with E-state index < -0.39 is 11.5 Å². The van der Waals surface area contributed by atoms with Crippen LogP contribution in [0.5, 0.6) is 5.75 Å². The molecule has 3 N–H and O–H groups in total. The van der Waals surface area contributed by atoms with E-state index in [1.54, 1.807) is 12.3 Å². The average molecular weight is 260 g/mol. The topological polar surface area (TPSA) is 98.9 Å². The first-order valence-electron chi connectivity index (χ1n) is 5.86. The minimum absolute atomic E-state index is 0.106. The Morgan fingerprint density at radius 3 is 2.53 bits per heavy atom. The third kappa shape index (κ3) is 2.09. The third-order valence-electron chi connectivity index (χ3n) is 3.01. The fraction of sp³-hybridized carbons (Fsp3) is 0.385. The monoisotopic (exact) mass is 260 g/mol. The van der Waals surface area contributed by atoms with Crippen molar-refractivity contribution in [3.8, 4) is 5.75 Å². The summed E-state index contributed by atoms with van der Waals surface area (Å²) in [6.07, 6.45) is 3.30. The summed E-state index contributed by atoms with van der Waals surface area (Å²) < 4.78 is 5.51. The number of hydrogen-bond acceptors (Lipinski definition) is 5. The van der Waals surface area contributed by atoms with Gasteiger partial charge < -0.3 is 20.9 Å². The first-order chi connectivity index (χ1) is 8.82. The number of nitrogens with zero attached hydrogens (tertiary/aromatic N) is 1. The van der Waals surface area contributed by atoms with Crippen LogP contribution >= 0.6 is 0 Å². The lowest BCUT2D eigenvalue weighted by molar-refractivity contribution is -0.123. The van der Waals surface area contributed by atoms with E-state index in [4.69, 9.17) is 15.6 Å². The summed E-state index contributed by atoms with van der Waals surface area (Å²) in [5, 5.41) is 17.2. The van der Waals surface area contributed by atoms with E-state index in [1.807, 2.05) is 20.8 Å². The Morgan fingerprint density at radius 1 is 1.37 bits per heavy atom. The van der Waals surface area contributed by atoms with Crippen molar-refractivity contribution >= 4 is 24.2 Å². The van der Waals surface area contributed by atoms with Gasteiger partial charge in [-0.3, -0.25) is 4.79 Å². The van der Waals surface area contributed by atoms with Gasteiger partial charge in [-0.2, -0.15) is 0 Å². The van der Waals surface area contributed by atoms with Crippen molar-refractivity contribution in [1.82, 2.24) is 4.98 Å². The first kappa shape index (κ1) is 13.2. The number of carbonyl (C=O) groups is 1. The van der Waals surface area contributed by atoms with Gasteiger partial charge in [0.2, 0.25) is 0 Å². The highest BCUT2D eigenvalue weighted by atomic mass is 16.5. The Kier molecular flexibility index (Phi) is 2.88. The second-order valence-electron chi connectivity index (χ2n) is 5.46. The second kappa shape index (κ2) is 4.15. The number of nitrogens with one attached hydrogen (secondary N) is 3. The van der Waals surface area contributed by atoms with Crippen LogP contribution in [-0.2, 0) is 10.2 Å². The molecular weight excluding hydrogens is 244 g/mol. The van der Waals surface area contributed by atoms with Crippen LogP contribution in [-0.4, -0.2) is 28.9 Å². The van der Waals surface area contributed by atoms with Gasteiger partial charge in [0.05, 0.1) is 12.4 Å². The lowest BCUT2D eigenvalue weighted by atomic mass is 9.88. The lowest BCUT2D eigenvalue weighted by Gasteiger charge is -2.31. The van der Waals surface area contributed by atoms with E-state index in [9.17, 15) is 4.79 Å². The van der Waals surface area contributed by atoms with E-state index in [0.717, 1.165) is 18.0 Å². The molecule has 2 heterocycles. The Morgan fingerprint density at radius 2 is 2.00 bits per heavy atom. The van der Waals surface area contributed by atoms with Crippen molar-refractivity contribution in [1.29, 1.82) is 10.8 Å². The van der Waals surface area contributed by atoms with Gasteiger partial charge in [0.15, 0.2) is 11.6 Å². The molecule has 6 heteroatoms. The normalized spacial score (nSPS) is 21.9. The van der Waals surface area contributed by atoms with E-state index in [-0.39, 0.29) is 5.41 Å². The molecule has 0 aliphatic carbocycles. The zero-order valence-corrected chi connectivity index (χ0v) is 11.1. The first-order valence-corrected chi connectivity index (χ1v) is 5.86. The van der Waals surface area contributed by atoms with Crippen LogP contribution in [0, 0.1) is 10.8 Å². The largest absolute Gasteiger partial charge is 0.462 e. The molecule has 0 fully saturated rings. The third-order valence-corrected chi connectivity index (χ3v) is 3.01. The summed E-state index contributed by atoms with van der Waals surface area (Å²) >= 11 is 0. The van der Waals surface area contributed by atoms with Gasteiger partial charge in [0.1, 0.15) is 0 Å². The van der Waals surface area contributed by atoms with Gasteiger partial charge in [0.25, 0.3) is 11.5 Å². The molecule has 1 amide bonds. The lowest BCUT2D eigenvalue weighted by Crippen LogP contribution is -2.53. The van der Waals surface area contributed by atoms with Crippen molar-refractivity contribution in [2.45, 2.75) is 31.8 Å². The van der Waals surface area contributed by atoms with Crippen LogP contribution in [0.25, 0.3) is 0 Å². The van der Waals surface area contributed by atoms with E-state index >= 15 is 0 Å². The summed E-state index contributed by atoms with van der Waals surface area (Å²) in [7, 11) is 0. The number of aromatic nitrogens is 1. The molecule has 1 aromatic rings. The molecule has 2 rings (SSSR count). The standard InChI is InChI=1S/C13H16N4O2/c1-12(2,3)8-4-9-10(16-5-8)17-11(18)13(6-14,7-15)19-9/h4-7,14-15H,1-3H3,(H,16,17,18). The zero-order chi connectivity index (χ0) is 14.3. The molecule has 100 valence electrons. The summed E-state index contributed by atoms with van der Waals surface area (Å²) in [4.78, 5) is 16.0. The summed E-state index contributed by atoms with van der Waals surface area (Å²) in [5.41, 5.74) is -0.831. The number of rotatable bonds is 2. The van der Waals surface area contributed by atoms with Crippen molar-refractivity contribution < 1.29 is 9.53 Å². The number of fused-ring (bicyclic) bond motifs is 1. The number of carbonyl (C=O) groups excluding carboxylic acids is 1. The summed E-state index contributed by atoms with van der Waals surface area (Å²) in [6, 6.07) is 1.78. The Balaban J connectivity index is 2.50. The van der Waals surface area contributed by atoms with E-state index in [0.29, 0.717) is 11.6 Å². The van der Waals surface area contributed by atoms with E-state index in [2.05, 4.69) is 10.3 Å². The number of pyridine rings is 1. The van der Waals surface area contributed by atoms with Crippen molar-refractivity contribution in [2.24, 2.45) is 0 Å². The highest BCUT2D eigenvalue weighted by Gasteiger charge is 2.42. The van der Waals surface area contributed by atoms with Crippen molar-refractivity contribution in [3.05, 3.63) is 17.8 Å². The van der Waals surface area contributed by atoms with Crippen LogP contribution in [0.15, 0.2) is 12.3 Å². The molecule has 0 aromatic carbocycles. The molecule has 0 atom stereocenters. The highest BCUT2D eigenvalue weighted by molar-refractivity contribution is 6.21. The molecule has 19 heavy (non-hydrogen) atoms. The SMILES string of the molecule is CC(C)(C)c1cnc2c(c1)OC(C=N)(C=N)C(=O)N2. The summed E-state index contributed by atoms with van der Waals surface area (Å²) in [6.45, 7) is 6.12. The Labute approximate surface area is 111 Å². The maximum Gasteiger partial charge on any atom is 0.281 e. The fourth-order valence-electron chi connectivity index (χ4n) is 1.69. The van der Waals surface area contributed by atoms with Crippen LogP contribution in [0.1, 0.15) is 26.3 Å². The maximum absolute atomic E-state index is 11.8. The summed E-state index contributed by atoms with van der Waals surface area (Å²) in [5.74, 6) is 0.109. The van der Waals surface area contributed by atoms with Crippen LogP contribution in [0.2, 0.25) is 0 Å². The van der Waals surface area contributed by atoms with Gasteiger partial charge >= 0.3 is 0 Å². The minimum atomic E-state index is -1.68.